The zero-order chi connectivity index (χ0) is 16.5. The lowest BCUT2D eigenvalue weighted by molar-refractivity contribution is 0.0695. The van der Waals surface area contributed by atoms with Crippen LogP contribution in [0.25, 0.3) is 0 Å². The molecule has 0 N–H and O–H groups in total. The van der Waals surface area contributed by atoms with Crippen LogP contribution in [-0.2, 0) is 6.42 Å². The summed E-state index contributed by atoms with van der Waals surface area (Å²) < 4.78 is 5.39. The predicted molar refractivity (Wildman–Crippen MR) is 98.2 cm³/mol. The highest BCUT2D eigenvalue weighted by atomic mass is 32.1. The van der Waals surface area contributed by atoms with E-state index in [4.69, 9.17) is 4.74 Å². The Labute approximate surface area is 149 Å². The van der Waals surface area contributed by atoms with Crippen LogP contribution in [0.2, 0.25) is 0 Å². The molecule has 3 heterocycles. The third-order valence-electron chi connectivity index (χ3n) is 4.38. The molecule has 0 aliphatic carbocycles. The Morgan fingerprint density at radius 3 is 2.79 bits per heavy atom. The summed E-state index contributed by atoms with van der Waals surface area (Å²) in [5.74, 6) is 0.659. The first-order valence-electron chi connectivity index (χ1n) is 7.83. The summed E-state index contributed by atoms with van der Waals surface area (Å²) in [6.07, 6.45) is 0.912. The molecule has 0 bridgehead atoms. The molecule has 24 heavy (non-hydrogen) atoms. The van der Waals surface area contributed by atoms with Gasteiger partial charge >= 0.3 is 0 Å². The molecule has 4 rings (SSSR count). The van der Waals surface area contributed by atoms with Crippen molar-refractivity contribution >= 4 is 28.6 Å². The molecule has 0 radical (unpaired) electrons. The molecule has 3 nitrogen and oxygen atoms in total. The van der Waals surface area contributed by atoms with E-state index in [1.54, 1.807) is 29.8 Å². The standard InChI is InChI=1S/C19H17NO2S2/c1-22-15-6-3-2-5-13(15)19(21)20-10-8-16-14(9-12-24-16)18(20)17-7-4-11-23-17/h2-7,9,11-12,18H,8,10H2,1H3. The van der Waals surface area contributed by atoms with Crippen molar-refractivity contribution in [1.82, 2.24) is 4.90 Å². The summed E-state index contributed by atoms with van der Waals surface area (Å²) in [7, 11) is 1.61. The van der Waals surface area contributed by atoms with Gasteiger partial charge in [0, 0.05) is 16.3 Å². The lowest BCUT2D eigenvalue weighted by Crippen LogP contribution is -2.39. The van der Waals surface area contributed by atoms with Crippen LogP contribution in [0, 0.1) is 0 Å². The molecular weight excluding hydrogens is 338 g/mol. The van der Waals surface area contributed by atoms with E-state index in [2.05, 4.69) is 22.9 Å². The number of ether oxygens (including phenoxy) is 1. The Morgan fingerprint density at radius 2 is 2.00 bits per heavy atom. The van der Waals surface area contributed by atoms with Crippen LogP contribution in [0.5, 0.6) is 5.75 Å². The molecule has 1 amide bonds. The summed E-state index contributed by atoms with van der Waals surface area (Å²) in [6, 6.07) is 13.8. The Hall–Kier alpha value is -2.11. The van der Waals surface area contributed by atoms with Crippen molar-refractivity contribution in [2.75, 3.05) is 13.7 Å². The van der Waals surface area contributed by atoms with Gasteiger partial charge < -0.3 is 9.64 Å². The number of carbonyl (C=O) groups is 1. The number of nitrogens with zero attached hydrogens (tertiary/aromatic N) is 1. The van der Waals surface area contributed by atoms with Crippen LogP contribution < -0.4 is 4.74 Å². The highest BCUT2D eigenvalue weighted by Crippen LogP contribution is 2.40. The lowest BCUT2D eigenvalue weighted by Gasteiger charge is -2.35. The zero-order valence-electron chi connectivity index (χ0n) is 13.3. The average molecular weight is 355 g/mol. The summed E-state index contributed by atoms with van der Waals surface area (Å²) >= 11 is 3.49. The minimum atomic E-state index is -0.00240. The van der Waals surface area contributed by atoms with Gasteiger partial charge in [0.25, 0.3) is 5.91 Å². The van der Waals surface area contributed by atoms with Crippen molar-refractivity contribution in [3.05, 3.63) is 74.1 Å². The fraction of sp³-hybridized carbons (Fsp3) is 0.211. The second-order valence-electron chi connectivity index (χ2n) is 5.67. The maximum Gasteiger partial charge on any atom is 0.258 e. The maximum absolute atomic E-state index is 13.3. The van der Waals surface area contributed by atoms with Crippen LogP contribution in [0.15, 0.2) is 53.2 Å². The van der Waals surface area contributed by atoms with E-state index in [1.165, 1.54) is 15.3 Å². The quantitative estimate of drug-likeness (QED) is 0.687. The monoisotopic (exact) mass is 355 g/mol. The number of methoxy groups -OCH3 is 1. The number of rotatable bonds is 3. The van der Waals surface area contributed by atoms with Gasteiger partial charge in [-0.25, -0.2) is 0 Å². The predicted octanol–water partition coefficient (Wildman–Crippen LogP) is 4.61. The van der Waals surface area contributed by atoms with Gasteiger partial charge in [0.15, 0.2) is 0 Å². The second kappa shape index (κ2) is 6.42. The molecule has 1 aliphatic heterocycles. The van der Waals surface area contributed by atoms with E-state index in [9.17, 15) is 4.79 Å². The Bertz CT molecular complexity index is 854. The van der Waals surface area contributed by atoms with Gasteiger partial charge in [-0.1, -0.05) is 18.2 Å². The SMILES string of the molecule is COc1ccccc1C(=O)N1CCc2sccc2C1c1cccs1. The minimum Gasteiger partial charge on any atom is -0.496 e. The molecule has 2 aromatic heterocycles. The number of carbonyl (C=O) groups excluding carboxylic acids is 1. The van der Waals surface area contributed by atoms with Crippen LogP contribution in [0.3, 0.4) is 0 Å². The van der Waals surface area contributed by atoms with Gasteiger partial charge in [0.2, 0.25) is 0 Å². The Morgan fingerprint density at radius 1 is 1.12 bits per heavy atom. The van der Waals surface area contributed by atoms with Crippen LogP contribution in [-0.4, -0.2) is 24.5 Å². The number of thiophene rings is 2. The van der Waals surface area contributed by atoms with Crippen LogP contribution >= 0.6 is 22.7 Å². The topological polar surface area (TPSA) is 29.5 Å². The third-order valence-corrected chi connectivity index (χ3v) is 6.30. The van der Waals surface area contributed by atoms with Gasteiger partial charge in [-0.15, -0.1) is 22.7 Å². The molecule has 122 valence electrons. The molecule has 5 heteroatoms. The zero-order valence-corrected chi connectivity index (χ0v) is 14.9. The number of hydrogen-bond acceptors (Lipinski definition) is 4. The molecule has 0 saturated carbocycles. The molecular formula is C19H17NO2S2. The largest absolute Gasteiger partial charge is 0.496 e. The highest BCUT2D eigenvalue weighted by molar-refractivity contribution is 7.10. The Balaban J connectivity index is 1.78. The average Bonchev–Trinajstić information content (AvgIpc) is 3.31. The maximum atomic E-state index is 13.3. The lowest BCUT2D eigenvalue weighted by atomic mass is 9.97. The molecule has 1 aromatic carbocycles. The summed E-state index contributed by atoms with van der Waals surface area (Å²) in [4.78, 5) is 17.8. The Kier molecular flexibility index (Phi) is 4.12. The summed E-state index contributed by atoms with van der Waals surface area (Å²) in [5, 5.41) is 4.20. The number of benzene rings is 1. The van der Waals surface area contributed by atoms with Gasteiger partial charge in [-0.2, -0.15) is 0 Å². The molecule has 1 aliphatic rings. The first-order valence-corrected chi connectivity index (χ1v) is 9.59. The van der Waals surface area contributed by atoms with Crippen molar-refractivity contribution in [2.45, 2.75) is 12.5 Å². The smallest absolute Gasteiger partial charge is 0.258 e. The third kappa shape index (κ3) is 2.54. The number of amides is 1. The molecule has 1 atom stereocenters. The summed E-state index contributed by atoms with van der Waals surface area (Å²) in [5.41, 5.74) is 1.89. The van der Waals surface area contributed by atoms with Crippen molar-refractivity contribution in [3.8, 4) is 5.75 Å². The van der Waals surface area contributed by atoms with Gasteiger partial charge in [-0.3, -0.25) is 4.79 Å². The van der Waals surface area contributed by atoms with E-state index < -0.39 is 0 Å². The van der Waals surface area contributed by atoms with Crippen LogP contribution in [0.1, 0.15) is 31.7 Å². The number of fused-ring (bicyclic) bond motifs is 1. The van der Waals surface area contributed by atoms with E-state index in [0.29, 0.717) is 11.3 Å². The molecule has 1 unspecified atom stereocenters. The van der Waals surface area contributed by atoms with E-state index >= 15 is 0 Å². The number of para-hydroxylation sites is 1. The van der Waals surface area contributed by atoms with Gasteiger partial charge in [0.05, 0.1) is 18.7 Å². The van der Waals surface area contributed by atoms with E-state index in [-0.39, 0.29) is 11.9 Å². The first kappa shape index (κ1) is 15.4. The molecule has 0 fully saturated rings. The van der Waals surface area contributed by atoms with Gasteiger partial charge in [0.1, 0.15) is 5.75 Å². The fourth-order valence-corrected chi connectivity index (χ4v) is 5.02. The molecule has 3 aromatic rings. The van der Waals surface area contributed by atoms with Crippen molar-refractivity contribution in [3.63, 3.8) is 0 Å². The van der Waals surface area contributed by atoms with Crippen molar-refractivity contribution < 1.29 is 9.53 Å². The fourth-order valence-electron chi connectivity index (χ4n) is 3.26. The normalized spacial score (nSPS) is 16.7. The number of hydrogen-bond donors (Lipinski definition) is 0. The second-order valence-corrected chi connectivity index (χ2v) is 7.65. The minimum absolute atomic E-state index is 0.00240. The van der Waals surface area contributed by atoms with Crippen LogP contribution in [0.4, 0.5) is 0 Å². The molecule has 0 saturated heterocycles. The van der Waals surface area contributed by atoms with Crippen molar-refractivity contribution in [2.24, 2.45) is 0 Å². The summed E-state index contributed by atoms with van der Waals surface area (Å²) in [6.45, 7) is 0.729. The first-order chi connectivity index (χ1) is 11.8. The van der Waals surface area contributed by atoms with Gasteiger partial charge in [-0.05, 0) is 47.0 Å². The highest BCUT2D eigenvalue weighted by Gasteiger charge is 2.34. The van der Waals surface area contributed by atoms with Crippen molar-refractivity contribution in [1.29, 1.82) is 0 Å². The molecule has 0 spiro atoms. The van der Waals surface area contributed by atoms with E-state index in [0.717, 1.165) is 13.0 Å². The van der Waals surface area contributed by atoms with E-state index in [1.807, 2.05) is 35.2 Å².